The molecule has 1 heterocycles. The van der Waals surface area contributed by atoms with Crippen LogP contribution in [0.1, 0.15) is 34.6 Å². The average Bonchev–Trinajstić information content (AvgIpc) is 2.71. The predicted molar refractivity (Wildman–Crippen MR) is 105 cm³/mol. The Bertz CT molecular complexity index is 459. The van der Waals surface area contributed by atoms with Crippen LogP contribution in [0.25, 0.3) is 0 Å². The molecule has 6 heteroatoms. The lowest BCUT2D eigenvalue weighted by Gasteiger charge is -2.37. The quantitative estimate of drug-likeness (QED) is 0.703. The Hall–Kier alpha value is 0.0138. The monoisotopic (exact) mass is 374 g/mol. The van der Waals surface area contributed by atoms with E-state index in [1.54, 1.807) is 0 Å². The molecule has 0 saturated carbocycles. The van der Waals surface area contributed by atoms with Gasteiger partial charge in [-0.3, -0.25) is 0 Å². The van der Waals surface area contributed by atoms with E-state index in [2.05, 4.69) is 59.2 Å². The number of aliphatic hydroxyl groups is 1. The van der Waals surface area contributed by atoms with Crippen molar-refractivity contribution in [3.05, 3.63) is 11.3 Å². The van der Waals surface area contributed by atoms with Crippen LogP contribution in [0.15, 0.2) is 11.3 Å². The molecule has 24 heavy (non-hydrogen) atoms. The number of ether oxygens (including phenoxy) is 2. The van der Waals surface area contributed by atoms with Crippen LogP contribution in [0.2, 0.25) is 37.8 Å². The van der Waals surface area contributed by atoms with Gasteiger partial charge in [-0.1, -0.05) is 46.1 Å². The molecule has 1 aliphatic rings. The zero-order valence-electron chi connectivity index (χ0n) is 17.3. The third kappa shape index (κ3) is 6.39. The van der Waals surface area contributed by atoms with Gasteiger partial charge in [-0.2, -0.15) is 0 Å². The maximum Gasteiger partial charge on any atom is 0.192 e. The van der Waals surface area contributed by atoms with E-state index in [0.717, 1.165) is 5.57 Å². The second-order valence-corrected chi connectivity index (χ2v) is 19.8. The van der Waals surface area contributed by atoms with Crippen molar-refractivity contribution >= 4 is 16.4 Å². The van der Waals surface area contributed by atoms with E-state index < -0.39 is 28.3 Å². The fourth-order valence-electron chi connectivity index (χ4n) is 2.36. The molecule has 1 N–H and O–H groups in total. The highest BCUT2D eigenvalue weighted by Crippen LogP contribution is 2.37. The maximum absolute atomic E-state index is 10.9. The molecule has 0 aromatic heterocycles. The minimum absolute atomic E-state index is 0.150. The van der Waals surface area contributed by atoms with Crippen molar-refractivity contribution in [2.24, 2.45) is 0 Å². The minimum atomic E-state index is -1.87. The van der Waals surface area contributed by atoms with Crippen LogP contribution in [0, 0.1) is 0 Å². The molecular formula is C18H38O4Si2. The Balaban J connectivity index is 2.92. The molecule has 1 saturated heterocycles. The third-order valence-corrected chi connectivity index (χ3v) is 10.5. The van der Waals surface area contributed by atoms with Crippen LogP contribution >= 0.6 is 0 Å². The SMILES string of the molecule is CC1(C)OC[C@H]([C@@H](O)/C(=C/[Si](C)(C)C)CO[Si](C)(C)C(C)(C)C)O1. The second kappa shape index (κ2) is 7.33. The molecular weight excluding hydrogens is 336 g/mol. The summed E-state index contributed by atoms with van der Waals surface area (Å²) in [6, 6.07) is 0. The zero-order chi connectivity index (χ0) is 19.0. The van der Waals surface area contributed by atoms with E-state index >= 15 is 0 Å². The first kappa shape index (κ1) is 22.1. The summed E-state index contributed by atoms with van der Waals surface area (Å²) in [7, 11) is -3.36. The molecule has 0 unspecified atom stereocenters. The van der Waals surface area contributed by atoms with Crippen molar-refractivity contribution in [2.75, 3.05) is 13.2 Å². The Morgan fingerprint density at radius 2 is 1.79 bits per heavy atom. The first-order chi connectivity index (χ1) is 10.5. The Kier molecular flexibility index (Phi) is 6.73. The predicted octanol–water partition coefficient (Wildman–Crippen LogP) is 4.32. The first-order valence-corrected chi connectivity index (χ1v) is 15.4. The summed E-state index contributed by atoms with van der Waals surface area (Å²) >= 11 is 0. The molecule has 0 bridgehead atoms. The Labute approximate surface area is 150 Å². The maximum atomic E-state index is 10.9. The van der Waals surface area contributed by atoms with Crippen molar-refractivity contribution < 1.29 is 19.0 Å². The van der Waals surface area contributed by atoms with Crippen molar-refractivity contribution in [1.82, 2.24) is 0 Å². The van der Waals surface area contributed by atoms with Crippen LogP contribution < -0.4 is 0 Å². The van der Waals surface area contributed by atoms with Crippen LogP contribution in [0.4, 0.5) is 0 Å². The van der Waals surface area contributed by atoms with E-state index in [9.17, 15) is 5.11 Å². The molecule has 1 rings (SSSR count). The standard InChI is InChI=1S/C18H38O4Si2/c1-17(2,3)24(9,10)21-11-14(13-23(6,7)8)16(19)15-12-20-18(4,5)22-15/h13,15-16,19H,11-12H2,1-10H3/b14-13+/t15-,16+/m1/s1. The lowest BCUT2D eigenvalue weighted by Crippen LogP contribution is -2.43. The summed E-state index contributed by atoms with van der Waals surface area (Å²) in [5.41, 5.74) is 3.20. The molecule has 4 nitrogen and oxygen atoms in total. The van der Waals surface area contributed by atoms with E-state index in [1.165, 1.54) is 0 Å². The first-order valence-electron chi connectivity index (χ1n) is 8.89. The molecule has 1 aliphatic heterocycles. The normalized spacial score (nSPS) is 24.3. The van der Waals surface area contributed by atoms with Gasteiger partial charge in [-0.05, 0) is 37.6 Å². The largest absolute Gasteiger partial charge is 0.413 e. The Morgan fingerprint density at radius 3 is 2.17 bits per heavy atom. The number of aliphatic hydroxyl groups excluding tert-OH is 1. The minimum Gasteiger partial charge on any atom is -0.413 e. The van der Waals surface area contributed by atoms with Crippen molar-refractivity contribution in [2.45, 2.75) is 90.4 Å². The molecule has 1 fully saturated rings. The van der Waals surface area contributed by atoms with Crippen LogP contribution in [-0.4, -0.2) is 52.7 Å². The molecule has 2 atom stereocenters. The molecule has 142 valence electrons. The summed E-state index contributed by atoms with van der Waals surface area (Å²) in [4.78, 5) is 0. The summed E-state index contributed by atoms with van der Waals surface area (Å²) in [5.74, 6) is -0.629. The van der Waals surface area contributed by atoms with Gasteiger partial charge < -0.3 is 19.0 Å². The van der Waals surface area contributed by atoms with Gasteiger partial charge in [0.05, 0.1) is 21.3 Å². The van der Waals surface area contributed by atoms with E-state index in [1.807, 2.05) is 13.8 Å². The number of rotatable bonds is 6. The van der Waals surface area contributed by atoms with Gasteiger partial charge in [0.25, 0.3) is 0 Å². The van der Waals surface area contributed by atoms with Crippen molar-refractivity contribution in [1.29, 1.82) is 0 Å². The van der Waals surface area contributed by atoms with Gasteiger partial charge in [0.1, 0.15) is 12.2 Å². The molecule has 0 aromatic carbocycles. The third-order valence-electron chi connectivity index (χ3n) is 4.79. The van der Waals surface area contributed by atoms with Crippen molar-refractivity contribution in [3.63, 3.8) is 0 Å². The van der Waals surface area contributed by atoms with Gasteiger partial charge in [0.2, 0.25) is 0 Å². The number of hydrogen-bond acceptors (Lipinski definition) is 4. The van der Waals surface area contributed by atoms with Gasteiger partial charge >= 0.3 is 0 Å². The number of hydrogen-bond donors (Lipinski definition) is 1. The average molecular weight is 375 g/mol. The highest BCUT2D eigenvalue weighted by molar-refractivity contribution is 6.81. The molecule has 0 aliphatic carbocycles. The topological polar surface area (TPSA) is 47.9 Å². The van der Waals surface area contributed by atoms with Gasteiger partial charge in [-0.25, -0.2) is 0 Å². The fourth-order valence-corrected chi connectivity index (χ4v) is 4.69. The smallest absolute Gasteiger partial charge is 0.192 e. The van der Waals surface area contributed by atoms with Crippen LogP contribution in [0.3, 0.4) is 0 Å². The summed E-state index contributed by atoms with van der Waals surface area (Å²) < 4.78 is 17.9. The van der Waals surface area contributed by atoms with Gasteiger partial charge in [-0.15, -0.1) is 0 Å². The summed E-state index contributed by atoms with van der Waals surface area (Å²) in [5, 5.41) is 11.0. The van der Waals surface area contributed by atoms with E-state index in [4.69, 9.17) is 13.9 Å². The highest BCUT2D eigenvalue weighted by atomic mass is 28.4. The van der Waals surface area contributed by atoms with E-state index in [-0.39, 0.29) is 11.1 Å². The van der Waals surface area contributed by atoms with Crippen LogP contribution in [-0.2, 0) is 13.9 Å². The lowest BCUT2D eigenvalue weighted by molar-refractivity contribution is -0.148. The highest BCUT2D eigenvalue weighted by Gasteiger charge is 2.40. The zero-order valence-corrected chi connectivity index (χ0v) is 19.3. The van der Waals surface area contributed by atoms with Crippen LogP contribution in [0.5, 0.6) is 0 Å². The summed E-state index contributed by atoms with van der Waals surface area (Å²) in [6.45, 7) is 22.6. The molecule has 0 amide bonds. The molecule has 0 spiro atoms. The van der Waals surface area contributed by atoms with Gasteiger partial charge in [0.15, 0.2) is 14.1 Å². The Morgan fingerprint density at radius 1 is 1.25 bits per heavy atom. The molecule has 0 aromatic rings. The van der Waals surface area contributed by atoms with Gasteiger partial charge in [0, 0.05) is 0 Å². The second-order valence-electron chi connectivity index (χ2n) is 9.95. The summed E-state index contributed by atoms with van der Waals surface area (Å²) in [6.07, 6.45) is -1.01. The lowest BCUT2D eigenvalue weighted by atomic mass is 10.1. The van der Waals surface area contributed by atoms with E-state index in [0.29, 0.717) is 13.2 Å². The van der Waals surface area contributed by atoms with Crippen molar-refractivity contribution in [3.8, 4) is 0 Å². The molecule has 0 radical (unpaired) electrons. The fraction of sp³-hybridized carbons (Fsp3) is 0.889.